The lowest BCUT2D eigenvalue weighted by Crippen LogP contribution is -2.24. The molecule has 0 radical (unpaired) electrons. The zero-order valence-electron chi connectivity index (χ0n) is 10.5. The third-order valence-corrected chi connectivity index (χ3v) is 4.29. The molecule has 0 aliphatic rings. The van der Waals surface area contributed by atoms with Gasteiger partial charge in [0.25, 0.3) is 0 Å². The van der Waals surface area contributed by atoms with E-state index in [-0.39, 0.29) is 27.8 Å². The number of halogens is 3. The number of nitrogens with one attached hydrogen (secondary N) is 1. The van der Waals surface area contributed by atoms with Gasteiger partial charge in [0.05, 0.1) is 5.02 Å². The predicted octanol–water partition coefficient (Wildman–Crippen LogP) is 2.07. The van der Waals surface area contributed by atoms with Crippen LogP contribution in [0, 0.1) is 11.6 Å². The lowest BCUT2D eigenvalue weighted by atomic mass is 10.2. The van der Waals surface area contributed by atoms with Gasteiger partial charge in [0.1, 0.15) is 22.3 Å². The van der Waals surface area contributed by atoms with Gasteiger partial charge in [0, 0.05) is 24.4 Å². The summed E-state index contributed by atoms with van der Waals surface area (Å²) >= 11 is 5.70. The molecule has 0 bridgehead atoms. The van der Waals surface area contributed by atoms with Crippen LogP contribution in [0.3, 0.4) is 0 Å². The molecule has 1 heterocycles. The first kappa shape index (κ1) is 15.6. The van der Waals surface area contributed by atoms with Gasteiger partial charge in [-0.15, -0.1) is 0 Å². The van der Waals surface area contributed by atoms with Gasteiger partial charge in [-0.1, -0.05) is 17.7 Å². The van der Waals surface area contributed by atoms with Gasteiger partial charge in [-0.3, -0.25) is 0 Å². The van der Waals surface area contributed by atoms with E-state index in [1.165, 1.54) is 0 Å². The second-order valence-electron chi connectivity index (χ2n) is 4.10. The van der Waals surface area contributed by atoms with Gasteiger partial charge >= 0.3 is 0 Å². The number of anilines is 1. The second kappa shape index (κ2) is 5.92. The van der Waals surface area contributed by atoms with Gasteiger partial charge in [0.2, 0.25) is 10.0 Å². The molecule has 2 rings (SSSR count). The highest BCUT2D eigenvalue weighted by atomic mass is 35.5. The Morgan fingerprint density at radius 3 is 2.62 bits per heavy atom. The summed E-state index contributed by atoms with van der Waals surface area (Å²) in [5.41, 5.74) is 5.40. The van der Waals surface area contributed by atoms with E-state index in [0.717, 1.165) is 24.4 Å². The van der Waals surface area contributed by atoms with E-state index in [9.17, 15) is 17.2 Å². The van der Waals surface area contributed by atoms with Gasteiger partial charge in [-0.2, -0.15) is 0 Å². The van der Waals surface area contributed by atoms with Gasteiger partial charge < -0.3 is 5.73 Å². The normalized spacial score (nSPS) is 11.6. The van der Waals surface area contributed by atoms with E-state index in [2.05, 4.69) is 9.71 Å². The van der Waals surface area contributed by atoms with Crippen LogP contribution in [-0.4, -0.2) is 13.4 Å². The van der Waals surface area contributed by atoms with Crippen molar-refractivity contribution in [3.63, 3.8) is 0 Å². The van der Waals surface area contributed by atoms with Crippen molar-refractivity contribution in [1.82, 2.24) is 9.71 Å². The van der Waals surface area contributed by atoms with Gasteiger partial charge in [-0.25, -0.2) is 26.9 Å². The van der Waals surface area contributed by atoms with E-state index in [4.69, 9.17) is 17.3 Å². The fourth-order valence-corrected chi connectivity index (χ4v) is 2.71. The molecule has 0 saturated heterocycles. The second-order valence-corrected chi connectivity index (χ2v) is 6.27. The molecule has 0 spiro atoms. The van der Waals surface area contributed by atoms with Crippen molar-refractivity contribution in [3.05, 3.63) is 52.7 Å². The first-order valence-corrected chi connectivity index (χ1v) is 7.50. The molecule has 0 atom stereocenters. The molecule has 0 fully saturated rings. The van der Waals surface area contributed by atoms with Crippen LogP contribution in [0.1, 0.15) is 5.56 Å². The summed E-state index contributed by atoms with van der Waals surface area (Å²) in [4.78, 5) is 3.43. The SMILES string of the molecule is Nc1ncc(S(=O)(=O)NCc2ccc(F)cc2F)cc1Cl. The van der Waals surface area contributed by atoms with Crippen molar-refractivity contribution >= 4 is 27.4 Å². The van der Waals surface area contributed by atoms with E-state index in [1.807, 2.05) is 0 Å². The molecule has 0 aliphatic carbocycles. The summed E-state index contributed by atoms with van der Waals surface area (Å²) in [5, 5.41) is -0.00848. The molecule has 3 N–H and O–H groups in total. The number of nitrogens with two attached hydrogens (primary N) is 1. The van der Waals surface area contributed by atoms with E-state index >= 15 is 0 Å². The lowest BCUT2D eigenvalue weighted by molar-refractivity contribution is 0.562. The highest BCUT2D eigenvalue weighted by molar-refractivity contribution is 7.89. The highest BCUT2D eigenvalue weighted by Crippen LogP contribution is 2.20. The molecule has 21 heavy (non-hydrogen) atoms. The topological polar surface area (TPSA) is 85.1 Å². The van der Waals surface area contributed by atoms with Gasteiger partial charge in [-0.05, 0) is 12.1 Å². The third-order valence-electron chi connectivity index (χ3n) is 2.62. The standard InChI is InChI=1S/C12H10ClF2N3O2S/c13-10-4-9(6-17-12(10)16)21(19,20)18-5-7-1-2-8(14)3-11(7)15/h1-4,6,18H,5H2,(H2,16,17). The van der Waals surface area contributed by atoms with Crippen molar-refractivity contribution in [2.24, 2.45) is 0 Å². The fourth-order valence-electron chi connectivity index (χ4n) is 1.50. The van der Waals surface area contributed by atoms with Crippen LogP contribution in [-0.2, 0) is 16.6 Å². The Labute approximate surface area is 124 Å². The number of nitrogens with zero attached hydrogens (tertiary/aromatic N) is 1. The van der Waals surface area contributed by atoms with Gasteiger partial charge in [0.15, 0.2) is 0 Å². The Bertz CT molecular complexity index is 784. The van der Waals surface area contributed by atoms with Crippen LogP contribution in [0.4, 0.5) is 14.6 Å². The quantitative estimate of drug-likeness (QED) is 0.897. The lowest BCUT2D eigenvalue weighted by Gasteiger charge is -2.08. The monoisotopic (exact) mass is 333 g/mol. The number of nitrogen functional groups attached to an aromatic ring is 1. The maximum Gasteiger partial charge on any atom is 0.242 e. The van der Waals surface area contributed by atoms with Crippen LogP contribution >= 0.6 is 11.6 Å². The largest absolute Gasteiger partial charge is 0.382 e. The molecule has 112 valence electrons. The molecule has 5 nitrogen and oxygen atoms in total. The molecular weight excluding hydrogens is 324 g/mol. The number of benzene rings is 1. The Kier molecular flexibility index (Phi) is 4.40. The number of hydrogen-bond donors (Lipinski definition) is 2. The van der Waals surface area contributed by atoms with Crippen LogP contribution < -0.4 is 10.5 Å². The molecule has 2 aromatic rings. The fraction of sp³-hybridized carbons (Fsp3) is 0.0833. The van der Waals surface area contributed by atoms with E-state index in [0.29, 0.717) is 6.07 Å². The van der Waals surface area contributed by atoms with Crippen molar-refractivity contribution in [2.45, 2.75) is 11.4 Å². The minimum atomic E-state index is -3.94. The summed E-state index contributed by atoms with van der Waals surface area (Å²) in [7, 11) is -3.94. The van der Waals surface area contributed by atoms with Crippen molar-refractivity contribution in [3.8, 4) is 0 Å². The molecule has 1 aromatic heterocycles. The maximum atomic E-state index is 13.4. The number of rotatable bonds is 4. The highest BCUT2D eigenvalue weighted by Gasteiger charge is 2.16. The Morgan fingerprint density at radius 1 is 1.29 bits per heavy atom. The Balaban J connectivity index is 2.19. The molecule has 0 amide bonds. The molecule has 1 aromatic carbocycles. The van der Waals surface area contributed by atoms with Crippen LogP contribution in [0.2, 0.25) is 5.02 Å². The molecular formula is C12H10ClF2N3O2S. The summed E-state index contributed by atoms with van der Waals surface area (Å²) in [6.45, 7) is -0.337. The van der Waals surface area contributed by atoms with E-state index < -0.39 is 21.7 Å². The number of aromatic nitrogens is 1. The van der Waals surface area contributed by atoms with Crippen LogP contribution in [0.25, 0.3) is 0 Å². The zero-order chi connectivity index (χ0) is 15.6. The third kappa shape index (κ3) is 3.66. The average molecular weight is 334 g/mol. The van der Waals surface area contributed by atoms with Crippen molar-refractivity contribution in [2.75, 3.05) is 5.73 Å². The number of hydrogen-bond acceptors (Lipinski definition) is 4. The van der Waals surface area contributed by atoms with Crippen molar-refractivity contribution in [1.29, 1.82) is 0 Å². The smallest absolute Gasteiger partial charge is 0.242 e. The van der Waals surface area contributed by atoms with Crippen molar-refractivity contribution < 1.29 is 17.2 Å². The van der Waals surface area contributed by atoms with Crippen LogP contribution in [0.5, 0.6) is 0 Å². The first-order chi connectivity index (χ1) is 9.79. The minimum Gasteiger partial charge on any atom is -0.382 e. The van der Waals surface area contributed by atoms with E-state index in [1.54, 1.807) is 0 Å². The molecule has 0 unspecified atom stereocenters. The summed E-state index contributed by atoms with van der Waals surface area (Å²) in [5.74, 6) is -1.58. The molecule has 9 heteroatoms. The predicted molar refractivity (Wildman–Crippen MR) is 74.0 cm³/mol. The average Bonchev–Trinajstić information content (AvgIpc) is 2.40. The number of pyridine rings is 1. The summed E-state index contributed by atoms with van der Waals surface area (Å²) in [6.07, 6.45) is 1.03. The maximum absolute atomic E-state index is 13.4. The van der Waals surface area contributed by atoms with Crippen LogP contribution in [0.15, 0.2) is 35.4 Å². The Hall–Kier alpha value is -1.77. The Morgan fingerprint density at radius 2 is 2.00 bits per heavy atom. The summed E-state index contributed by atoms with van der Waals surface area (Å²) < 4.78 is 52.3. The number of sulfonamides is 1. The molecule has 0 saturated carbocycles. The summed E-state index contributed by atoms with van der Waals surface area (Å²) in [6, 6.07) is 3.99. The molecule has 0 aliphatic heterocycles. The minimum absolute atomic E-state index is 0.000181. The zero-order valence-corrected chi connectivity index (χ0v) is 12.0. The first-order valence-electron chi connectivity index (χ1n) is 5.64.